The molecular weight excluding hydrogens is 284 g/mol. The van der Waals surface area contributed by atoms with Gasteiger partial charge in [0.2, 0.25) is 5.91 Å². The van der Waals surface area contributed by atoms with E-state index in [0.29, 0.717) is 12.2 Å². The zero-order valence-corrected chi connectivity index (χ0v) is 10.5. The van der Waals surface area contributed by atoms with Crippen LogP contribution in [0, 0.1) is 6.92 Å². The molecule has 4 nitrogen and oxygen atoms in total. The minimum Gasteiger partial charge on any atom is -0.355 e. The summed E-state index contributed by atoms with van der Waals surface area (Å²) in [4.78, 5) is 11.3. The van der Waals surface area contributed by atoms with Crippen molar-refractivity contribution in [2.45, 2.75) is 26.8 Å². The molecule has 0 aliphatic rings. The van der Waals surface area contributed by atoms with Crippen molar-refractivity contribution < 1.29 is 13.6 Å². The number of amides is 1. The lowest BCUT2D eigenvalue weighted by molar-refractivity contribution is -0.121. The van der Waals surface area contributed by atoms with E-state index in [4.69, 9.17) is 0 Å². The average Bonchev–Trinajstić information content (AvgIpc) is 2.46. The maximum atomic E-state index is 12.5. The maximum absolute atomic E-state index is 12.5. The molecule has 1 N–H and O–H groups in total. The molecule has 1 amide bonds. The van der Waals surface area contributed by atoms with Crippen molar-refractivity contribution in [3.05, 3.63) is 15.9 Å². The largest absolute Gasteiger partial charge is 0.355 e. The number of carbonyl (C=O) groups is 1. The number of alkyl halides is 2. The smallest absolute Gasteiger partial charge is 0.283 e. The van der Waals surface area contributed by atoms with Gasteiger partial charge in [0.05, 0.1) is 10.2 Å². The Labute approximate surface area is 100 Å². The summed E-state index contributed by atoms with van der Waals surface area (Å²) in [5.41, 5.74) is 0.184. The Morgan fingerprint density at radius 2 is 2.25 bits per heavy atom. The summed E-state index contributed by atoms with van der Waals surface area (Å²) in [6.07, 6.45) is -2.65. The molecule has 0 saturated heterocycles. The molecule has 0 aliphatic carbocycles. The number of hydrogen-bond donors (Lipinski definition) is 1. The van der Waals surface area contributed by atoms with Crippen LogP contribution in [0.15, 0.2) is 4.47 Å². The van der Waals surface area contributed by atoms with E-state index in [0.717, 1.165) is 0 Å². The highest BCUT2D eigenvalue weighted by atomic mass is 79.9. The molecule has 16 heavy (non-hydrogen) atoms. The van der Waals surface area contributed by atoms with Crippen molar-refractivity contribution in [1.29, 1.82) is 0 Å². The molecular formula is C9H12BrF2N3O. The van der Waals surface area contributed by atoms with Crippen LogP contribution in [0.1, 0.15) is 24.7 Å². The SMILES string of the molecule is CCNC(=O)Cn1nc(C(F)F)c(Br)c1C. The Bertz CT molecular complexity index is 392. The van der Waals surface area contributed by atoms with Gasteiger partial charge in [-0.2, -0.15) is 5.10 Å². The molecule has 0 radical (unpaired) electrons. The zero-order valence-electron chi connectivity index (χ0n) is 8.93. The molecule has 0 aromatic carbocycles. The summed E-state index contributed by atoms with van der Waals surface area (Å²) in [7, 11) is 0. The summed E-state index contributed by atoms with van der Waals surface area (Å²) in [5.74, 6) is -0.249. The lowest BCUT2D eigenvalue weighted by atomic mass is 10.4. The standard InChI is InChI=1S/C9H12BrF2N3O/c1-3-13-6(16)4-15-5(2)7(10)8(14-15)9(11)12/h9H,3-4H2,1-2H3,(H,13,16). The molecule has 7 heteroatoms. The van der Waals surface area contributed by atoms with Gasteiger partial charge in [0.1, 0.15) is 12.2 Å². The van der Waals surface area contributed by atoms with Crippen molar-refractivity contribution in [2.75, 3.05) is 6.54 Å². The third-order valence-electron chi connectivity index (χ3n) is 2.03. The minimum atomic E-state index is -2.65. The molecule has 1 aromatic heterocycles. The zero-order chi connectivity index (χ0) is 12.3. The number of nitrogens with one attached hydrogen (secondary N) is 1. The van der Waals surface area contributed by atoms with Gasteiger partial charge in [-0.15, -0.1) is 0 Å². The molecule has 0 atom stereocenters. The lowest BCUT2D eigenvalue weighted by Crippen LogP contribution is -2.28. The van der Waals surface area contributed by atoms with Gasteiger partial charge in [0.25, 0.3) is 6.43 Å². The van der Waals surface area contributed by atoms with Gasteiger partial charge in [0.15, 0.2) is 0 Å². The van der Waals surface area contributed by atoms with Gasteiger partial charge < -0.3 is 5.32 Å². The third kappa shape index (κ3) is 2.78. The van der Waals surface area contributed by atoms with Crippen molar-refractivity contribution in [2.24, 2.45) is 0 Å². The first-order chi connectivity index (χ1) is 7.47. The summed E-state index contributed by atoms with van der Waals surface area (Å²) >= 11 is 3.04. The minimum absolute atomic E-state index is 0.0506. The van der Waals surface area contributed by atoms with E-state index in [1.54, 1.807) is 13.8 Å². The second kappa shape index (κ2) is 5.38. The van der Waals surface area contributed by atoms with Gasteiger partial charge >= 0.3 is 0 Å². The van der Waals surface area contributed by atoms with Gasteiger partial charge in [-0.1, -0.05) is 0 Å². The first kappa shape index (κ1) is 13.1. The molecule has 0 aliphatic heterocycles. The Hall–Kier alpha value is -0.980. The summed E-state index contributed by atoms with van der Waals surface area (Å²) in [6.45, 7) is 3.86. The van der Waals surface area contributed by atoms with E-state index in [2.05, 4.69) is 26.3 Å². The van der Waals surface area contributed by atoms with Crippen LogP contribution >= 0.6 is 15.9 Å². The van der Waals surface area contributed by atoms with Crippen LogP contribution in [-0.2, 0) is 11.3 Å². The second-order valence-electron chi connectivity index (χ2n) is 3.20. The highest BCUT2D eigenvalue weighted by molar-refractivity contribution is 9.10. The fourth-order valence-corrected chi connectivity index (χ4v) is 1.69. The average molecular weight is 296 g/mol. The maximum Gasteiger partial charge on any atom is 0.283 e. The summed E-state index contributed by atoms with van der Waals surface area (Å²) in [6, 6.07) is 0. The van der Waals surface area contributed by atoms with E-state index in [1.807, 2.05) is 0 Å². The lowest BCUT2D eigenvalue weighted by Gasteiger charge is -2.04. The molecule has 0 bridgehead atoms. The van der Waals surface area contributed by atoms with Crippen molar-refractivity contribution in [3.8, 4) is 0 Å². The number of halogens is 3. The molecule has 1 heterocycles. The number of likely N-dealkylation sites (N-methyl/N-ethyl adjacent to an activating group) is 1. The van der Waals surface area contributed by atoms with Crippen LogP contribution in [0.4, 0.5) is 8.78 Å². The number of rotatable bonds is 4. The molecule has 0 unspecified atom stereocenters. The van der Waals surface area contributed by atoms with Crippen LogP contribution in [0.2, 0.25) is 0 Å². The van der Waals surface area contributed by atoms with Crippen molar-refractivity contribution in [3.63, 3.8) is 0 Å². The number of hydrogen-bond acceptors (Lipinski definition) is 2. The molecule has 1 aromatic rings. The highest BCUT2D eigenvalue weighted by Crippen LogP contribution is 2.28. The monoisotopic (exact) mass is 295 g/mol. The topological polar surface area (TPSA) is 46.9 Å². The highest BCUT2D eigenvalue weighted by Gasteiger charge is 2.20. The molecule has 0 fully saturated rings. The molecule has 1 rings (SSSR count). The fraction of sp³-hybridized carbons (Fsp3) is 0.556. The Morgan fingerprint density at radius 3 is 2.69 bits per heavy atom. The predicted octanol–water partition coefficient (Wildman–Crippen LogP) is 2.03. The Kier molecular flexibility index (Phi) is 4.40. The van der Waals surface area contributed by atoms with Crippen molar-refractivity contribution in [1.82, 2.24) is 15.1 Å². The number of nitrogens with zero attached hydrogens (tertiary/aromatic N) is 2. The molecule has 0 spiro atoms. The summed E-state index contributed by atoms with van der Waals surface area (Å²) < 4.78 is 26.5. The number of aromatic nitrogens is 2. The van der Waals surface area contributed by atoms with Crippen LogP contribution in [0.25, 0.3) is 0 Å². The van der Waals surface area contributed by atoms with Crippen LogP contribution in [0.5, 0.6) is 0 Å². The van der Waals surface area contributed by atoms with E-state index in [1.165, 1.54) is 4.68 Å². The quantitative estimate of drug-likeness (QED) is 0.924. The predicted molar refractivity (Wildman–Crippen MR) is 58.3 cm³/mol. The first-order valence-corrected chi connectivity index (χ1v) is 5.54. The Balaban J connectivity index is 2.89. The van der Waals surface area contributed by atoms with E-state index in [9.17, 15) is 13.6 Å². The van der Waals surface area contributed by atoms with Crippen LogP contribution < -0.4 is 5.32 Å². The Morgan fingerprint density at radius 1 is 1.62 bits per heavy atom. The van der Waals surface area contributed by atoms with Gasteiger partial charge in [0, 0.05) is 6.54 Å². The summed E-state index contributed by atoms with van der Waals surface area (Å²) in [5, 5.41) is 6.27. The fourth-order valence-electron chi connectivity index (χ4n) is 1.23. The molecule has 0 saturated carbocycles. The normalized spacial score (nSPS) is 10.9. The first-order valence-electron chi connectivity index (χ1n) is 4.75. The van der Waals surface area contributed by atoms with Crippen LogP contribution in [-0.4, -0.2) is 22.2 Å². The van der Waals surface area contributed by atoms with E-state index < -0.39 is 6.43 Å². The number of carbonyl (C=O) groups excluding carboxylic acids is 1. The van der Waals surface area contributed by atoms with E-state index in [-0.39, 0.29) is 22.6 Å². The van der Waals surface area contributed by atoms with Crippen molar-refractivity contribution >= 4 is 21.8 Å². The van der Waals surface area contributed by atoms with Crippen LogP contribution in [0.3, 0.4) is 0 Å². The van der Waals surface area contributed by atoms with Gasteiger partial charge in [-0.05, 0) is 29.8 Å². The molecule has 90 valence electrons. The second-order valence-corrected chi connectivity index (χ2v) is 3.99. The van der Waals surface area contributed by atoms with E-state index >= 15 is 0 Å². The van der Waals surface area contributed by atoms with Gasteiger partial charge in [-0.3, -0.25) is 9.48 Å². The third-order valence-corrected chi connectivity index (χ3v) is 3.01. The van der Waals surface area contributed by atoms with Gasteiger partial charge in [-0.25, -0.2) is 8.78 Å².